The number of fused-ring (bicyclic) bond motifs is 1. The number of piperidine rings is 1. The number of nitrogens with zero attached hydrogens (tertiary/aromatic N) is 2. The number of carbonyl (C=O) groups is 1. The largest absolute Gasteiger partial charge is 0.373 e. The first-order valence-electron chi connectivity index (χ1n) is 10.2. The maximum Gasteiger partial charge on any atom is 0.229 e. The maximum atomic E-state index is 13.1. The van der Waals surface area contributed by atoms with Gasteiger partial charge in [-0.1, -0.05) is 0 Å². The van der Waals surface area contributed by atoms with Crippen LogP contribution in [0.1, 0.15) is 32.1 Å². The fraction of sp³-hybridized carbons (Fsp3) is 0.889. The Labute approximate surface area is 160 Å². The number of nitrogens with one attached hydrogen (secondary N) is 4. The zero-order valence-corrected chi connectivity index (χ0v) is 15.7. The molecule has 0 aromatic heterocycles. The van der Waals surface area contributed by atoms with Gasteiger partial charge in [-0.3, -0.25) is 10.1 Å². The molecule has 4 fully saturated rings. The van der Waals surface area contributed by atoms with Crippen molar-refractivity contribution in [3.05, 3.63) is 0 Å². The Morgan fingerprint density at radius 3 is 2.93 bits per heavy atom. The highest BCUT2D eigenvalue weighted by Gasteiger charge is 2.47. The minimum Gasteiger partial charge on any atom is -0.373 e. The van der Waals surface area contributed by atoms with E-state index < -0.39 is 6.17 Å². The van der Waals surface area contributed by atoms with E-state index in [-0.39, 0.29) is 36.1 Å². The number of hydrogen-bond acceptors (Lipinski definition) is 8. The molecule has 0 aromatic rings. The molecule has 1 aliphatic carbocycles. The summed E-state index contributed by atoms with van der Waals surface area (Å²) >= 11 is 0. The zero-order chi connectivity index (χ0) is 18.8. The number of hydrogen-bond donors (Lipinski definition) is 5. The molecule has 1 saturated carbocycles. The van der Waals surface area contributed by atoms with Crippen LogP contribution in [0.5, 0.6) is 0 Å². The van der Waals surface area contributed by atoms with Crippen molar-refractivity contribution < 1.29 is 9.53 Å². The molecule has 0 bridgehead atoms. The first kappa shape index (κ1) is 19.1. The molecule has 6 atom stereocenters. The minimum absolute atomic E-state index is 0.0250. The molecule has 9 nitrogen and oxygen atoms in total. The van der Waals surface area contributed by atoms with E-state index in [1.54, 1.807) is 0 Å². The van der Waals surface area contributed by atoms with Crippen molar-refractivity contribution in [1.29, 1.82) is 5.26 Å². The van der Waals surface area contributed by atoms with Crippen molar-refractivity contribution in [3.63, 3.8) is 0 Å². The number of nitriles is 1. The SMILES string of the molecule is N#CCC1CNC2C(C(=O)NC3CNCCC3OC3CCC3)C(N)NN2C1. The molecule has 1 amide bonds. The standard InChI is InChI=1S/C18H31N7O2/c19-6-4-11-8-22-17-15(16(20)24-25(17)10-11)18(26)23-13-9-21-7-5-14(13)27-12-2-1-3-12/h11-17,21-22,24H,1-5,7-10,20H2,(H,23,26). The van der Waals surface area contributed by atoms with Gasteiger partial charge < -0.3 is 21.1 Å². The quantitative estimate of drug-likeness (QED) is 0.395. The summed E-state index contributed by atoms with van der Waals surface area (Å²) in [6, 6.07) is 2.20. The minimum atomic E-state index is -0.439. The van der Waals surface area contributed by atoms with Gasteiger partial charge in [-0.25, -0.2) is 10.4 Å². The molecular formula is C18H31N7O2. The number of rotatable bonds is 5. The smallest absolute Gasteiger partial charge is 0.229 e. The number of nitrogens with two attached hydrogens (primary N) is 1. The molecule has 3 saturated heterocycles. The summed E-state index contributed by atoms with van der Waals surface area (Å²) in [5, 5.41) is 20.9. The average molecular weight is 377 g/mol. The van der Waals surface area contributed by atoms with Gasteiger partial charge in [0.25, 0.3) is 0 Å². The van der Waals surface area contributed by atoms with Crippen LogP contribution in [0.25, 0.3) is 0 Å². The van der Waals surface area contributed by atoms with E-state index in [1.165, 1.54) is 6.42 Å². The predicted octanol–water partition coefficient (Wildman–Crippen LogP) is -1.42. The summed E-state index contributed by atoms with van der Waals surface area (Å²) in [6.45, 7) is 3.10. The molecule has 4 aliphatic rings. The molecule has 6 unspecified atom stereocenters. The molecule has 6 N–H and O–H groups in total. The van der Waals surface area contributed by atoms with Gasteiger partial charge >= 0.3 is 0 Å². The van der Waals surface area contributed by atoms with Crippen LogP contribution in [0, 0.1) is 23.2 Å². The first-order chi connectivity index (χ1) is 13.2. The third-order valence-corrected chi connectivity index (χ3v) is 6.30. The second kappa shape index (κ2) is 8.39. The number of ether oxygens (including phenoxy) is 1. The van der Waals surface area contributed by atoms with E-state index in [0.717, 1.165) is 45.4 Å². The lowest BCUT2D eigenvalue weighted by Crippen LogP contribution is -2.61. The van der Waals surface area contributed by atoms with E-state index in [9.17, 15) is 4.79 Å². The highest BCUT2D eigenvalue weighted by atomic mass is 16.5. The van der Waals surface area contributed by atoms with Crippen molar-refractivity contribution >= 4 is 5.91 Å². The Morgan fingerprint density at radius 1 is 1.33 bits per heavy atom. The second-order valence-corrected chi connectivity index (χ2v) is 8.25. The van der Waals surface area contributed by atoms with Crippen LogP contribution in [0.4, 0.5) is 0 Å². The molecule has 0 spiro atoms. The molecule has 9 heteroatoms. The summed E-state index contributed by atoms with van der Waals surface area (Å²) < 4.78 is 6.22. The molecule has 3 aliphatic heterocycles. The Bertz CT molecular complexity index is 579. The summed E-state index contributed by atoms with van der Waals surface area (Å²) in [7, 11) is 0. The van der Waals surface area contributed by atoms with Crippen LogP contribution in [0.3, 0.4) is 0 Å². The van der Waals surface area contributed by atoms with Crippen molar-refractivity contribution in [1.82, 2.24) is 26.4 Å². The molecule has 4 rings (SSSR count). The molecule has 0 radical (unpaired) electrons. The third kappa shape index (κ3) is 4.11. The lowest BCUT2D eigenvalue weighted by atomic mass is 9.94. The van der Waals surface area contributed by atoms with Crippen LogP contribution in [0.2, 0.25) is 0 Å². The van der Waals surface area contributed by atoms with Crippen molar-refractivity contribution in [3.8, 4) is 6.07 Å². The monoisotopic (exact) mass is 377 g/mol. The van der Waals surface area contributed by atoms with E-state index >= 15 is 0 Å². The van der Waals surface area contributed by atoms with E-state index in [1.807, 2.05) is 5.01 Å². The fourth-order valence-electron chi connectivity index (χ4n) is 4.52. The van der Waals surface area contributed by atoms with E-state index in [2.05, 4.69) is 27.4 Å². The Balaban J connectivity index is 1.36. The van der Waals surface area contributed by atoms with Gasteiger partial charge in [-0.05, 0) is 38.1 Å². The normalized spacial score (nSPS) is 40.0. The third-order valence-electron chi connectivity index (χ3n) is 6.30. The predicted molar refractivity (Wildman–Crippen MR) is 98.7 cm³/mol. The van der Waals surface area contributed by atoms with Crippen LogP contribution in [0.15, 0.2) is 0 Å². The maximum absolute atomic E-state index is 13.1. The molecule has 3 heterocycles. The number of amides is 1. The second-order valence-electron chi connectivity index (χ2n) is 8.25. The Hall–Kier alpha value is -1.28. The van der Waals surface area contributed by atoms with Crippen molar-refractivity contribution in [2.45, 2.75) is 62.7 Å². The zero-order valence-electron chi connectivity index (χ0n) is 15.7. The highest BCUT2D eigenvalue weighted by Crippen LogP contribution is 2.27. The van der Waals surface area contributed by atoms with E-state index in [0.29, 0.717) is 12.5 Å². The summed E-state index contributed by atoms with van der Waals surface area (Å²) in [4.78, 5) is 13.1. The summed E-state index contributed by atoms with van der Waals surface area (Å²) in [6.07, 6.45) is 4.77. The van der Waals surface area contributed by atoms with Crippen LogP contribution < -0.4 is 27.1 Å². The van der Waals surface area contributed by atoms with Crippen LogP contribution >= 0.6 is 0 Å². The number of carbonyl (C=O) groups excluding carboxylic acids is 1. The fourth-order valence-corrected chi connectivity index (χ4v) is 4.52. The van der Waals surface area contributed by atoms with Crippen LogP contribution in [-0.2, 0) is 9.53 Å². The Morgan fingerprint density at radius 2 is 2.19 bits per heavy atom. The van der Waals surface area contributed by atoms with E-state index in [4.69, 9.17) is 15.7 Å². The molecular weight excluding hydrogens is 346 g/mol. The van der Waals surface area contributed by atoms with Crippen molar-refractivity contribution in [2.24, 2.45) is 17.6 Å². The van der Waals surface area contributed by atoms with Crippen molar-refractivity contribution in [2.75, 3.05) is 26.2 Å². The molecule has 27 heavy (non-hydrogen) atoms. The van der Waals surface area contributed by atoms with Gasteiger partial charge in [0.15, 0.2) is 0 Å². The Kier molecular flexibility index (Phi) is 5.92. The van der Waals surface area contributed by atoms with Gasteiger partial charge in [-0.15, -0.1) is 0 Å². The van der Waals surface area contributed by atoms with Gasteiger partial charge in [0.05, 0.1) is 42.6 Å². The summed E-state index contributed by atoms with van der Waals surface area (Å²) in [5.41, 5.74) is 9.45. The van der Waals surface area contributed by atoms with Gasteiger partial charge in [0, 0.05) is 26.1 Å². The topological polar surface area (TPSA) is 127 Å². The molecule has 150 valence electrons. The lowest BCUT2D eigenvalue weighted by Gasteiger charge is -2.39. The van der Waals surface area contributed by atoms with Gasteiger partial charge in [0.2, 0.25) is 5.91 Å². The van der Waals surface area contributed by atoms with Gasteiger partial charge in [0.1, 0.15) is 0 Å². The number of hydrazine groups is 1. The highest BCUT2D eigenvalue weighted by molar-refractivity contribution is 5.80. The van der Waals surface area contributed by atoms with Gasteiger partial charge in [-0.2, -0.15) is 5.26 Å². The lowest BCUT2D eigenvalue weighted by molar-refractivity contribution is -0.131. The van der Waals surface area contributed by atoms with Crippen LogP contribution in [-0.4, -0.2) is 67.7 Å². The first-order valence-corrected chi connectivity index (χ1v) is 10.2. The summed E-state index contributed by atoms with van der Waals surface area (Å²) in [5.74, 6) is -0.167. The molecule has 0 aromatic carbocycles. The average Bonchev–Trinajstić information content (AvgIpc) is 2.94.